The summed E-state index contributed by atoms with van der Waals surface area (Å²) in [6.07, 6.45) is 2.36. The number of benzene rings is 1. The van der Waals surface area contributed by atoms with E-state index >= 15 is 0 Å². The van der Waals surface area contributed by atoms with Gasteiger partial charge in [-0.2, -0.15) is 0 Å². The Kier molecular flexibility index (Phi) is 5.49. The number of morpholine rings is 1. The Hall–Kier alpha value is -2.26. The molecule has 7 nitrogen and oxygen atoms in total. The average molecular weight is 484 g/mol. The van der Waals surface area contributed by atoms with Gasteiger partial charge in [-0.1, -0.05) is 36.7 Å². The number of carbonyl (C=O) groups excluding carboxylic acids is 1. The minimum absolute atomic E-state index is 0.00386. The molecular weight excluding hydrogens is 458 g/mol. The summed E-state index contributed by atoms with van der Waals surface area (Å²) in [5.74, 6) is 2.14. The van der Waals surface area contributed by atoms with Crippen LogP contribution in [0.1, 0.15) is 46.2 Å². The molecule has 1 amide bonds. The number of amides is 1. The number of nitrogens with one attached hydrogen (secondary N) is 1. The van der Waals surface area contributed by atoms with E-state index in [1.807, 2.05) is 23.1 Å². The Balaban J connectivity index is 1.44. The second kappa shape index (κ2) is 8.51. The maximum atomic E-state index is 13.3. The van der Waals surface area contributed by atoms with Crippen molar-refractivity contribution in [1.82, 2.24) is 25.0 Å². The SMILES string of the molecule is CCc1nnc2n1-c1sc3c(c1[C@@H](c1ccccc1Cl)NC2)C[C@@H](C(=O)N1CCOCC1)C3. The number of hydrogen-bond acceptors (Lipinski definition) is 6. The van der Waals surface area contributed by atoms with Gasteiger partial charge in [0.25, 0.3) is 0 Å². The summed E-state index contributed by atoms with van der Waals surface area (Å²) in [4.78, 5) is 16.6. The van der Waals surface area contributed by atoms with Crippen LogP contribution in [-0.2, 0) is 35.3 Å². The fraction of sp³-hybridized carbons (Fsp3) is 0.458. The van der Waals surface area contributed by atoms with Gasteiger partial charge in [0.15, 0.2) is 5.82 Å². The van der Waals surface area contributed by atoms with Gasteiger partial charge in [0.1, 0.15) is 10.8 Å². The van der Waals surface area contributed by atoms with Gasteiger partial charge in [-0.25, -0.2) is 0 Å². The largest absolute Gasteiger partial charge is 0.378 e. The van der Waals surface area contributed by atoms with Gasteiger partial charge in [0, 0.05) is 40.9 Å². The van der Waals surface area contributed by atoms with Crippen molar-refractivity contribution in [2.24, 2.45) is 5.92 Å². The Bertz CT molecular complexity index is 1220. The third kappa shape index (κ3) is 3.51. The number of fused-ring (bicyclic) bond motifs is 5. The van der Waals surface area contributed by atoms with Gasteiger partial charge in [0.2, 0.25) is 5.91 Å². The molecule has 0 radical (unpaired) electrons. The van der Waals surface area contributed by atoms with E-state index in [1.165, 1.54) is 21.0 Å². The summed E-state index contributed by atoms with van der Waals surface area (Å²) >= 11 is 8.47. The Labute approximate surface area is 201 Å². The topological polar surface area (TPSA) is 72.3 Å². The summed E-state index contributed by atoms with van der Waals surface area (Å²) in [6, 6.07) is 7.97. The van der Waals surface area contributed by atoms with Crippen LogP contribution in [0.5, 0.6) is 0 Å². The molecule has 33 heavy (non-hydrogen) atoms. The molecule has 1 aliphatic carbocycles. The van der Waals surface area contributed by atoms with E-state index in [0.717, 1.165) is 41.5 Å². The van der Waals surface area contributed by atoms with Crippen LogP contribution < -0.4 is 5.32 Å². The number of aryl methyl sites for hydroxylation is 1. The highest BCUT2D eigenvalue weighted by atomic mass is 35.5. The van der Waals surface area contributed by atoms with Crippen LogP contribution in [0.25, 0.3) is 5.00 Å². The van der Waals surface area contributed by atoms with Crippen molar-refractivity contribution in [2.75, 3.05) is 26.3 Å². The van der Waals surface area contributed by atoms with Crippen LogP contribution in [0, 0.1) is 5.92 Å². The minimum atomic E-state index is -0.0580. The minimum Gasteiger partial charge on any atom is -0.378 e. The van der Waals surface area contributed by atoms with Crippen molar-refractivity contribution >= 4 is 28.8 Å². The molecule has 2 aliphatic heterocycles. The summed E-state index contributed by atoms with van der Waals surface area (Å²) in [6.45, 7) is 5.35. The highest BCUT2D eigenvalue weighted by Crippen LogP contribution is 2.47. The van der Waals surface area contributed by atoms with E-state index in [9.17, 15) is 4.79 Å². The number of aromatic nitrogens is 3. The summed E-state index contributed by atoms with van der Waals surface area (Å²) in [5.41, 5.74) is 3.58. The van der Waals surface area contributed by atoms with Gasteiger partial charge >= 0.3 is 0 Å². The fourth-order valence-electron chi connectivity index (χ4n) is 5.33. The monoisotopic (exact) mass is 483 g/mol. The quantitative estimate of drug-likeness (QED) is 0.618. The van der Waals surface area contributed by atoms with Crippen molar-refractivity contribution in [3.63, 3.8) is 0 Å². The number of nitrogens with zero attached hydrogens (tertiary/aromatic N) is 4. The molecule has 4 heterocycles. The van der Waals surface area contributed by atoms with Gasteiger partial charge < -0.3 is 9.64 Å². The van der Waals surface area contributed by atoms with Crippen molar-refractivity contribution in [1.29, 1.82) is 0 Å². The van der Waals surface area contributed by atoms with Crippen molar-refractivity contribution in [3.8, 4) is 5.00 Å². The lowest BCUT2D eigenvalue weighted by atomic mass is 9.94. The third-order valence-corrected chi connectivity index (χ3v) is 8.55. The zero-order chi connectivity index (χ0) is 22.5. The van der Waals surface area contributed by atoms with Crippen LogP contribution >= 0.6 is 22.9 Å². The fourth-order valence-corrected chi connectivity index (χ4v) is 7.06. The molecule has 0 unspecified atom stereocenters. The first-order chi connectivity index (χ1) is 16.2. The molecule has 0 saturated carbocycles. The molecule has 0 bridgehead atoms. The van der Waals surface area contributed by atoms with Crippen LogP contribution in [0.2, 0.25) is 5.02 Å². The highest BCUT2D eigenvalue weighted by Gasteiger charge is 2.39. The predicted molar refractivity (Wildman–Crippen MR) is 127 cm³/mol. The number of ether oxygens (including phenoxy) is 1. The van der Waals surface area contributed by atoms with Gasteiger partial charge in [0.05, 0.1) is 25.8 Å². The maximum absolute atomic E-state index is 13.3. The standard InChI is InChI=1S/C24H26ClN5O2S/c1-2-19-27-28-20-13-26-22(15-5-3-4-6-17(15)25)21-16-11-14(12-18(16)33-24(21)30(19)20)23(31)29-7-9-32-10-8-29/h3-6,14,22,26H,2,7-13H2,1H3/t14-,22-/m1/s1. The molecule has 9 heteroatoms. The normalized spacial score (nSPS) is 21.9. The van der Waals surface area contributed by atoms with E-state index in [2.05, 4.69) is 33.1 Å². The van der Waals surface area contributed by atoms with Crippen molar-refractivity contribution in [2.45, 2.75) is 38.8 Å². The second-order valence-corrected chi connectivity index (χ2v) is 10.3. The number of rotatable bonds is 3. The number of thiophene rings is 1. The lowest BCUT2D eigenvalue weighted by Gasteiger charge is -2.29. The van der Waals surface area contributed by atoms with Crippen LogP contribution in [0.15, 0.2) is 24.3 Å². The molecule has 1 saturated heterocycles. The first-order valence-electron chi connectivity index (χ1n) is 11.6. The molecular formula is C24H26ClN5O2S. The van der Waals surface area contributed by atoms with E-state index < -0.39 is 0 Å². The first kappa shape index (κ1) is 21.3. The molecule has 172 valence electrons. The zero-order valence-corrected chi connectivity index (χ0v) is 20.1. The number of hydrogen-bond donors (Lipinski definition) is 1. The summed E-state index contributed by atoms with van der Waals surface area (Å²) < 4.78 is 7.67. The molecule has 0 spiro atoms. The smallest absolute Gasteiger partial charge is 0.226 e. The van der Waals surface area contributed by atoms with Crippen molar-refractivity contribution in [3.05, 3.63) is 62.5 Å². The van der Waals surface area contributed by atoms with E-state index in [1.54, 1.807) is 11.3 Å². The molecule has 1 N–H and O–H groups in total. The van der Waals surface area contributed by atoms with Crippen LogP contribution in [0.3, 0.4) is 0 Å². The van der Waals surface area contributed by atoms with Crippen LogP contribution in [0.4, 0.5) is 0 Å². The summed E-state index contributed by atoms with van der Waals surface area (Å²) in [5, 5.41) is 14.5. The predicted octanol–water partition coefficient (Wildman–Crippen LogP) is 3.31. The molecule has 3 aromatic rings. The molecule has 2 aromatic heterocycles. The molecule has 2 atom stereocenters. The molecule has 1 fully saturated rings. The number of halogens is 1. The molecule has 6 rings (SSSR count). The molecule has 3 aliphatic rings. The third-order valence-electron chi connectivity index (χ3n) is 6.95. The highest BCUT2D eigenvalue weighted by molar-refractivity contribution is 7.15. The van der Waals surface area contributed by atoms with E-state index in [4.69, 9.17) is 16.3 Å². The molecule has 1 aromatic carbocycles. The Morgan fingerprint density at radius 2 is 2.06 bits per heavy atom. The average Bonchev–Trinajstić information content (AvgIpc) is 3.50. The van der Waals surface area contributed by atoms with E-state index in [0.29, 0.717) is 32.8 Å². The van der Waals surface area contributed by atoms with Gasteiger partial charge in [-0.3, -0.25) is 14.7 Å². The van der Waals surface area contributed by atoms with Crippen molar-refractivity contribution < 1.29 is 9.53 Å². The Morgan fingerprint density at radius 3 is 2.85 bits per heavy atom. The lowest BCUT2D eigenvalue weighted by molar-refractivity contribution is -0.139. The van der Waals surface area contributed by atoms with Gasteiger partial charge in [-0.05, 0) is 30.0 Å². The van der Waals surface area contributed by atoms with Crippen LogP contribution in [-0.4, -0.2) is 51.9 Å². The second-order valence-electron chi connectivity index (χ2n) is 8.82. The van der Waals surface area contributed by atoms with Gasteiger partial charge in [-0.15, -0.1) is 21.5 Å². The first-order valence-corrected chi connectivity index (χ1v) is 12.8. The maximum Gasteiger partial charge on any atom is 0.226 e. The number of carbonyl (C=O) groups is 1. The zero-order valence-electron chi connectivity index (χ0n) is 18.5. The lowest BCUT2D eigenvalue weighted by Crippen LogP contribution is -2.44. The summed E-state index contributed by atoms with van der Waals surface area (Å²) in [7, 11) is 0. The Morgan fingerprint density at radius 1 is 1.24 bits per heavy atom. The van der Waals surface area contributed by atoms with E-state index in [-0.39, 0.29) is 17.9 Å².